The highest BCUT2D eigenvalue weighted by atomic mass is 35.5. The first kappa shape index (κ1) is 15.3. The number of aromatic nitrogens is 2. The Labute approximate surface area is 127 Å². The van der Waals surface area contributed by atoms with Crippen LogP contribution in [0.25, 0.3) is 11.3 Å². The highest BCUT2D eigenvalue weighted by Gasteiger charge is 2.32. The summed E-state index contributed by atoms with van der Waals surface area (Å²) in [5.74, 6) is 0.0381. The smallest absolute Gasteiger partial charge is 0.381 e. The van der Waals surface area contributed by atoms with E-state index in [1.807, 2.05) is 0 Å². The van der Waals surface area contributed by atoms with Crippen molar-refractivity contribution in [3.63, 3.8) is 0 Å². The topological polar surface area (TPSA) is 43.8 Å². The van der Waals surface area contributed by atoms with Crippen molar-refractivity contribution in [2.75, 3.05) is 5.73 Å². The molecule has 2 aromatic rings. The van der Waals surface area contributed by atoms with Crippen LogP contribution in [-0.4, -0.2) is 9.78 Å². The lowest BCUT2D eigenvalue weighted by Crippen LogP contribution is -2.05. The Hall–Kier alpha value is -1.11. The molecule has 3 nitrogen and oxygen atoms in total. The number of anilines is 1. The summed E-state index contributed by atoms with van der Waals surface area (Å²) < 4.78 is 39.3. The standard InChI is InChI=1S/C11H7Cl3F3N3/c1-20-9(8(14)10(18)19-20)7-5(12)2-4(3-6(7)13)11(15,16)17/h2-3H,1H3,(H2,18,19). The van der Waals surface area contributed by atoms with E-state index in [-0.39, 0.29) is 32.1 Å². The third kappa shape index (κ3) is 2.55. The highest BCUT2D eigenvalue weighted by Crippen LogP contribution is 2.43. The SMILES string of the molecule is Cn1nc(N)c(Cl)c1-c1c(Cl)cc(C(F)(F)F)cc1Cl. The fourth-order valence-corrected chi connectivity index (χ4v) is 2.67. The molecule has 0 aliphatic carbocycles. The average Bonchev–Trinajstić information content (AvgIpc) is 2.53. The van der Waals surface area contributed by atoms with E-state index in [0.29, 0.717) is 0 Å². The van der Waals surface area contributed by atoms with Crippen molar-refractivity contribution in [2.24, 2.45) is 7.05 Å². The number of nitrogen functional groups attached to an aromatic ring is 1. The Morgan fingerprint density at radius 1 is 1.15 bits per heavy atom. The van der Waals surface area contributed by atoms with Crippen molar-refractivity contribution in [2.45, 2.75) is 6.18 Å². The number of benzene rings is 1. The largest absolute Gasteiger partial charge is 0.416 e. The number of nitrogens with two attached hydrogens (primary N) is 1. The quantitative estimate of drug-likeness (QED) is 0.818. The number of hydrogen-bond acceptors (Lipinski definition) is 2. The molecule has 0 atom stereocenters. The molecule has 2 N–H and O–H groups in total. The predicted molar refractivity (Wildman–Crippen MR) is 73.1 cm³/mol. The van der Waals surface area contributed by atoms with E-state index in [4.69, 9.17) is 40.5 Å². The molecule has 9 heteroatoms. The fourth-order valence-electron chi connectivity index (χ4n) is 1.75. The van der Waals surface area contributed by atoms with Crippen molar-refractivity contribution in [1.29, 1.82) is 0 Å². The van der Waals surface area contributed by atoms with Crippen molar-refractivity contribution < 1.29 is 13.2 Å². The van der Waals surface area contributed by atoms with Crippen LogP contribution < -0.4 is 5.73 Å². The third-order valence-electron chi connectivity index (χ3n) is 2.62. The molecule has 2 rings (SSSR count). The minimum Gasteiger partial charge on any atom is -0.381 e. The molecule has 0 bridgehead atoms. The minimum atomic E-state index is -4.54. The van der Waals surface area contributed by atoms with Crippen LogP contribution in [0.3, 0.4) is 0 Å². The van der Waals surface area contributed by atoms with Crippen LogP contribution in [0.2, 0.25) is 15.1 Å². The number of hydrogen-bond donors (Lipinski definition) is 1. The van der Waals surface area contributed by atoms with Crippen LogP contribution in [0.15, 0.2) is 12.1 Å². The van der Waals surface area contributed by atoms with Gasteiger partial charge in [-0.1, -0.05) is 34.8 Å². The summed E-state index contributed by atoms with van der Waals surface area (Å²) in [6.07, 6.45) is -4.54. The van der Waals surface area contributed by atoms with Gasteiger partial charge in [0.15, 0.2) is 5.82 Å². The van der Waals surface area contributed by atoms with Crippen molar-refractivity contribution >= 4 is 40.6 Å². The molecule has 0 saturated carbocycles. The first-order chi connectivity index (χ1) is 9.12. The Bertz CT molecular complexity index is 657. The van der Waals surface area contributed by atoms with Gasteiger partial charge < -0.3 is 5.73 Å². The second-order valence-electron chi connectivity index (χ2n) is 3.98. The molecular formula is C11H7Cl3F3N3. The summed E-state index contributed by atoms with van der Waals surface area (Å²) in [5, 5.41) is 3.57. The van der Waals surface area contributed by atoms with Gasteiger partial charge in [0.25, 0.3) is 0 Å². The van der Waals surface area contributed by atoms with Gasteiger partial charge in [0.05, 0.1) is 21.3 Å². The zero-order valence-electron chi connectivity index (χ0n) is 9.89. The molecule has 0 amide bonds. The molecule has 0 aliphatic rings. The van der Waals surface area contributed by atoms with Gasteiger partial charge in [-0.3, -0.25) is 4.68 Å². The average molecular weight is 345 g/mol. The lowest BCUT2D eigenvalue weighted by atomic mass is 10.1. The summed E-state index contributed by atoms with van der Waals surface area (Å²) in [7, 11) is 1.53. The molecule has 108 valence electrons. The molecule has 0 aliphatic heterocycles. The predicted octanol–water partition coefficient (Wildman–Crippen LogP) is 4.65. The normalized spacial score (nSPS) is 11.9. The molecule has 0 fully saturated rings. The van der Waals surface area contributed by atoms with Crippen LogP contribution in [0, 0.1) is 0 Å². The Balaban J connectivity index is 2.71. The van der Waals surface area contributed by atoms with E-state index in [9.17, 15) is 13.2 Å². The Kier molecular flexibility index (Phi) is 3.83. The molecule has 0 unspecified atom stereocenters. The highest BCUT2D eigenvalue weighted by molar-refractivity contribution is 6.41. The van der Waals surface area contributed by atoms with E-state index in [1.165, 1.54) is 11.7 Å². The first-order valence-corrected chi connectivity index (χ1v) is 6.31. The lowest BCUT2D eigenvalue weighted by Gasteiger charge is -2.12. The summed E-state index contributed by atoms with van der Waals surface area (Å²) in [6, 6.07) is 1.56. The van der Waals surface area contributed by atoms with E-state index in [0.717, 1.165) is 12.1 Å². The Morgan fingerprint density at radius 2 is 1.65 bits per heavy atom. The lowest BCUT2D eigenvalue weighted by molar-refractivity contribution is -0.137. The van der Waals surface area contributed by atoms with Crippen molar-refractivity contribution in [1.82, 2.24) is 9.78 Å². The summed E-state index contributed by atoms with van der Waals surface area (Å²) in [6.45, 7) is 0. The third-order valence-corrected chi connectivity index (χ3v) is 3.59. The van der Waals surface area contributed by atoms with Crippen LogP contribution in [0.4, 0.5) is 19.0 Å². The Morgan fingerprint density at radius 3 is 2.00 bits per heavy atom. The van der Waals surface area contributed by atoms with Gasteiger partial charge in [-0.25, -0.2) is 0 Å². The van der Waals surface area contributed by atoms with Gasteiger partial charge in [0, 0.05) is 12.6 Å². The molecular weight excluding hydrogens is 337 g/mol. The van der Waals surface area contributed by atoms with Crippen LogP contribution >= 0.6 is 34.8 Å². The molecule has 0 spiro atoms. The molecule has 1 aromatic carbocycles. The number of halogens is 6. The van der Waals surface area contributed by atoms with E-state index in [1.54, 1.807) is 0 Å². The second-order valence-corrected chi connectivity index (χ2v) is 5.18. The van der Waals surface area contributed by atoms with Gasteiger partial charge in [-0.2, -0.15) is 18.3 Å². The number of rotatable bonds is 1. The number of alkyl halides is 3. The van der Waals surface area contributed by atoms with E-state index < -0.39 is 11.7 Å². The molecule has 0 radical (unpaired) electrons. The second kappa shape index (κ2) is 5.02. The monoisotopic (exact) mass is 343 g/mol. The minimum absolute atomic E-state index is 0.0381. The zero-order chi connectivity index (χ0) is 15.2. The zero-order valence-corrected chi connectivity index (χ0v) is 12.2. The van der Waals surface area contributed by atoms with Gasteiger partial charge in [-0.05, 0) is 12.1 Å². The van der Waals surface area contributed by atoms with Crippen LogP contribution in [0.5, 0.6) is 0 Å². The van der Waals surface area contributed by atoms with Crippen LogP contribution in [-0.2, 0) is 13.2 Å². The van der Waals surface area contributed by atoms with Crippen molar-refractivity contribution in [3.8, 4) is 11.3 Å². The molecule has 20 heavy (non-hydrogen) atoms. The summed E-state index contributed by atoms with van der Waals surface area (Å²) in [4.78, 5) is 0. The number of nitrogens with zero attached hydrogens (tertiary/aromatic N) is 2. The van der Waals surface area contributed by atoms with Crippen molar-refractivity contribution in [3.05, 3.63) is 32.8 Å². The maximum absolute atomic E-state index is 12.7. The maximum atomic E-state index is 12.7. The fraction of sp³-hybridized carbons (Fsp3) is 0.182. The van der Waals surface area contributed by atoms with Gasteiger partial charge in [-0.15, -0.1) is 0 Å². The van der Waals surface area contributed by atoms with Crippen LogP contribution in [0.1, 0.15) is 5.56 Å². The van der Waals surface area contributed by atoms with Gasteiger partial charge in [0.1, 0.15) is 5.02 Å². The molecule has 0 saturated heterocycles. The van der Waals surface area contributed by atoms with Gasteiger partial charge >= 0.3 is 6.18 Å². The van der Waals surface area contributed by atoms with Gasteiger partial charge in [0.2, 0.25) is 0 Å². The molecule has 1 aromatic heterocycles. The molecule has 1 heterocycles. The summed E-state index contributed by atoms with van der Waals surface area (Å²) >= 11 is 17.8. The first-order valence-electron chi connectivity index (χ1n) is 5.17. The summed E-state index contributed by atoms with van der Waals surface area (Å²) in [5.41, 5.74) is 5.01. The van der Waals surface area contributed by atoms with E-state index >= 15 is 0 Å². The number of aryl methyl sites for hydroxylation is 1. The maximum Gasteiger partial charge on any atom is 0.416 e. The van der Waals surface area contributed by atoms with E-state index in [2.05, 4.69) is 5.10 Å².